The van der Waals surface area contributed by atoms with Crippen molar-refractivity contribution in [3.8, 4) is 0 Å². The number of carbonyl (C=O) groups is 1. The summed E-state index contributed by atoms with van der Waals surface area (Å²) in [5.74, 6) is 1.52. The molecule has 0 amide bonds. The van der Waals surface area contributed by atoms with Crippen LogP contribution in [-0.4, -0.2) is 18.7 Å². The van der Waals surface area contributed by atoms with Crippen molar-refractivity contribution in [3.63, 3.8) is 0 Å². The molecule has 0 aliphatic carbocycles. The summed E-state index contributed by atoms with van der Waals surface area (Å²) >= 11 is 0. The zero-order valence-corrected chi connectivity index (χ0v) is 11.2. The normalized spacial score (nSPS) is 23.9. The van der Waals surface area contributed by atoms with E-state index in [0.717, 1.165) is 29.9 Å². The highest BCUT2D eigenvalue weighted by Gasteiger charge is 2.27. The first-order valence-corrected chi connectivity index (χ1v) is 6.40. The number of hydrogen-bond acceptors (Lipinski definition) is 4. The average molecular weight is 252 g/mol. The topological polar surface area (TPSA) is 48.7 Å². The van der Waals surface area contributed by atoms with E-state index in [1.807, 2.05) is 26.8 Å². The fourth-order valence-electron chi connectivity index (χ4n) is 2.31. The molecular weight excluding hydrogens is 232 g/mol. The van der Waals surface area contributed by atoms with E-state index >= 15 is 0 Å². The molecular formula is C14H20O4. The molecule has 0 N–H and O–H groups in total. The summed E-state index contributed by atoms with van der Waals surface area (Å²) in [5.41, 5.74) is 0.945. The summed E-state index contributed by atoms with van der Waals surface area (Å²) in [6.45, 7) is 6.70. The molecule has 100 valence electrons. The highest BCUT2D eigenvalue weighted by Crippen LogP contribution is 2.22. The van der Waals surface area contributed by atoms with E-state index in [1.54, 1.807) is 0 Å². The first kappa shape index (κ1) is 13.1. The Morgan fingerprint density at radius 3 is 2.89 bits per heavy atom. The summed E-state index contributed by atoms with van der Waals surface area (Å²) in [4.78, 5) is 11.9. The third kappa shape index (κ3) is 3.13. The molecule has 1 aromatic heterocycles. The first-order valence-electron chi connectivity index (χ1n) is 6.40. The molecule has 1 aliphatic rings. The molecule has 0 bridgehead atoms. The molecule has 4 nitrogen and oxygen atoms in total. The Kier molecular flexibility index (Phi) is 4.07. The number of carbonyl (C=O) groups excluding carboxylic acids is 1. The highest BCUT2D eigenvalue weighted by molar-refractivity contribution is 5.72. The Morgan fingerprint density at radius 1 is 1.50 bits per heavy atom. The van der Waals surface area contributed by atoms with Crippen molar-refractivity contribution in [2.45, 2.75) is 46.3 Å². The lowest BCUT2D eigenvalue weighted by atomic mass is 9.96. The van der Waals surface area contributed by atoms with E-state index in [0.29, 0.717) is 13.2 Å². The lowest BCUT2D eigenvalue weighted by Gasteiger charge is -2.25. The van der Waals surface area contributed by atoms with Crippen LogP contribution in [0, 0.1) is 19.8 Å². The van der Waals surface area contributed by atoms with Crippen LogP contribution in [-0.2, 0) is 20.9 Å². The summed E-state index contributed by atoms with van der Waals surface area (Å²) in [6, 6.07) is 1.91. The van der Waals surface area contributed by atoms with Gasteiger partial charge in [-0.05, 0) is 39.7 Å². The molecule has 0 aromatic carbocycles. The van der Waals surface area contributed by atoms with Crippen molar-refractivity contribution in [3.05, 3.63) is 23.2 Å². The van der Waals surface area contributed by atoms with E-state index in [4.69, 9.17) is 13.9 Å². The van der Waals surface area contributed by atoms with Crippen molar-refractivity contribution in [2.24, 2.45) is 5.92 Å². The van der Waals surface area contributed by atoms with Crippen molar-refractivity contribution >= 4 is 5.97 Å². The quantitative estimate of drug-likeness (QED) is 0.776. The Hall–Kier alpha value is -1.29. The van der Waals surface area contributed by atoms with Crippen molar-refractivity contribution in [1.29, 1.82) is 0 Å². The smallest absolute Gasteiger partial charge is 0.309 e. The minimum absolute atomic E-state index is 0.0259. The molecule has 0 unspecified atom stereocenters. The molecule has 1 fully saturated rings. The SMILES string of the molecule is Cc1cc(COC(=O)[C@@H]2CCO[C@@H](C)C2)c(C)o1. The third-order valence-corrected chi connectivity index (χ3v) is 3.33. The van der Waals surface area contributed by atoms with Gasteiger partial charge in [0.25, 0.3) is 0 Å². The van der Waals surface area contributed by atoms with Gasteiger partial charge in [-0.1, -0.05) is 0 Å². The van der Waals surface area contributed by atoms with Gasteiger partial charge in [-0.3, -0.25) is 4.79 Å². The van der Waals surface area contributed by atoms with Gasteiger partial charge in [0.1, 0.15) is 18.1 Å². The Bertz CT molecular complexity index is 421. The Balaban J connectivity index is 1.86. The van der Waals surface area contributed by atoms with E-state index in [1.165, 1.54) is 0 Å². The number of hydrogen-bond donors (Lipinski definition) is 0. The zero-order chi connectivity index (χ0) is 13.1. The average Bonchev–Trinajstić information content (AvgIpc) is 2.65. The second kappa shape index (κ2) is 5.57. The van der Waals surface area contributed by atoms with Gasteiger partial charge in [0, 0.05) is 12.2 Å². The monoisotopic (exact) mass is 252 g/mol. The maximum absolute atomic E-state index is 11.9. The molecule has 0 spiro atoms. The van der Waals surface area contributed by atoms with Crippen LogP contribution in [0.4, 0.5) is 0 Å². The van der Waals surface area contributed by atoms with Crippen LogP contribution in [0.5, 0.6) is 0 Å². The van der Waals surface area contributed by atoms with Gasteiger partial charge in [-0.25, -0.2) is 0 Å². The molecule has 0 saturated carbocycles. The minimum atomic E-state index is -0.122. The van der Waals surface area contributed by atoms with Crippen LogP contribution in [0.15, 0.2) is 10.5 Å². The number of esters is 1. The second-order valence-corrected chi connectivity index (χ2v) is 4.95. The zero-order valence-electron chi connectivity index (χ0n) is 11.2. The molecule has 18 heavy (non-hydrogen) atoms. The van der Waals surface area contributed by atoms with Crippen LogP contribution in [0.1, 0.15) is 36.8 Å². The van der Waals surface area contributed by atoms with Crippen LogP contribution in [0.25, 0.3) is 0 Å². The number of rotatable bonds is 3. The number of aryl methyl sites for hydroxylation is 2. The summed E-state index contributed by atoms with van der Waals surface area (Å²) in [7, 11) is 0. The van der Waals surface area contributed by atoms with Gasteiger partial charge in [-0.15, -0.1) is 0 Å². The maximum atomic E-state index is 11.9. The van der Waals surface area contributed by atoms with E-state index in [2.05, 4.69) is 0 Å². The fourth-order valence-corrected chi connectivity index (χ4v) is 2.31. The molecule has 1 aliphatic heterocycles. The Morgan fingerprint density at radius 2 is 2.28 bits per heavy atom. The van der Waals surface area contributed by atoms with E-state index in [9.17, 15) is 4.79 Å². The summed E-state index contributed by atoms with van der Waals surface area (Å²) in [5, 5.41) is 0. The van der Waals surface area contributed by atoms with Gasteiger partial charge >= 0.3 is 5.97 Å². The van der Waals surface area contributed by atoms with Gasteiger partial charge in [0.2, 0.25) is 0 Å². The van der Waals surface area contributed by atoms with Crippen LogP contribution >= 0.6 is 0 Å². The standard InChI is InChI=1S/C14H20O4/c1-9-6-12(4-5-16-9)14(15)17-8-13-7-10(2)18-11(13)3/h7,9,12H,4-6,8H2,1-3H3/t9-,12+/m0/s1. The molecule has 2 heterocycles. The van der Waals surface area contributed by atoms with Crippen molar-refractivity contribution < 1.29 is 18.7 Å². The lowest BCUT2D eigenvalue weighted by Crippen LogP contribution is -2.29. The first-order chi connectivity index (χ1) is 8.56. The molecule has 2 atom stereocenters. The molecule has 1 saturated heterocycles. The second-order valence-electron chi connectivity index (χ2n) is 4.95. The van der Waals surface area contributed by atoms with Crippen LogP contribution < -0.4 is 0 Å². The molecule has 4 heteroatoms. The number of furan rings is 1. The summed E-state index contributed by atoms with van der Waals surface area (Å²) in [6.07, 6.45) is 1.66. The number of ether oxygens (including phenoxy) is 2. The van der Waals surface area contributed by atoms with Gasteiger partial charge in [0.05, 0.1) is 12.0 Å². The molecule has 2 rings (SSSR count). The van der Waals surface area contributed by atoms with Gasteiger partial charge in [0.15, 0.2) is 0 Å². The highest BCUT2D eigenvalue weighted by atomic mass is 16.5. The largest absolute Gasteiger partial charge is 0.466 e. The maximum Gasteiger partial charge on any atom is 0.309 e. The van der Waals surface area contributed by atoms with Crippen LogP contribution in [0.3, 0.4) is 0 Å². The lowest BCUT2D eigenvalue weighted by molar-refractivity contribution is -0.154. The predicted molar refractivity (Wildman–Crippen MR) is 66.1 cm³/mol. The minimum Gasteiger partial charge on any atom is -0.466 e. The Labute approximate surface area is 107 Å². The summed E-state index contributed by atoms with van der Waals surface area (Å²) < 4.78 is 16.2. The van der Waals surface area contributed by atoms with E-state index < -0.39 is 0 Å². The van der Waals surface area contributed by atoms with Gasteiger partial charge < -0.3 is 13.9 Å². The molecule has 0 radical (unpaired) electrons. The molecule has 1 aromatic rings. The predicted octanol–water partition coefficient (Wildman–Crippen LogP) is 2.75. The van der Waals surface area contributed by atoms with Gasteiger partial charge in [-0.2, -0.15) is 0 Å². The van der Waals surface area contributed by atoms with E-state index in [-0.39, 0.29) is 18.0 Å². The fraction of sp³-hybridized carbons (Fsp3) is 0.643. The van der Waals surface area contributed by atoms with Crippen molar-refractivity contribution in [1.82, 2.24) is 0 Å². The van der Waals surface area contributed by atoms with Crippen LogP contribution in [0.2, 0.25) is 0 Å². The third-order valence-electron chi connectivity index (χ3n) is 3.33. The van der Waals surface area contributed by atoms with Crippen molar-refractivity contribution in [2.75, 3.05) is 6.61 Å².